The molecule has 1 aromatic heterocycles. The summed E-state index contributed by atoms with van der Waals surface area (Å²) in [6.45, 7) is -0.407. The second-order valence-electron chi connectivity index (χ2n) is 6.99. The van der Waals surface area contributed by atoms with Crippen LogP contribution in [-0.2, 0) is 29.1 Å². The third-order valence-electron chi connectivity index (χ3n) is 4.13. The summed E-state index contributed by atoms with van der Waals surface area (Å²) >= 11 is 0. The molecule has 0 saturated heterocycles. The quantitative estimate of drug-likeness (QED) is 0.261. The van der Waals surface area contributed by atoms with Crippen LogP contribution in [0, 0.1) is 0 Å². The third kappa shape index (κ3) is 11.4. The maximum Gasteiger partial charge on any atom is 0.411 e. The molecule has 2 aromatic rings. The van der Waals surface area contributed by atoms with Crippen molar-refractivity contribution in [2.75, 3.05) is 33.8 Å². The zero-order chi connectivity index (χ0) is 22.7. The number of carbonyl (C=O) groups excluding carboxylic acids is 1. The Labute approximate surface area is 202 Å². The van der Waals surface area contributed by atoms with Crippen LogP contribution in [-0.4, -0.2) is 56.7 Å². The second kappa shape index (κ2) is 14.0. The topological polar surface area (TPSA) is 79.1 Å². The number of amides is 1. The van der Waals surface area contributed by atoms with Gasteiger partial charge in [0.2, 0.25) is 5.91 Å². The molecule has 2 N–H and O–H groups in total. The number of alkyl halides is 3. The van der Waals surface area contributed by atoms with Crippen molar-refractivity contribution < 1.29 is 27.1 Å². The lowest BCUT2D eigenvalue weighted by atomic mass is 10.1. The Morgan fingerprint density at radius 3 is 2.41 bits per heavy atom. The zero-order valence-corrected chi connectivity index (χ0v) is 20.3. The van der Waals surface area contributed by atoms with Crippen LogP contribution in [0.1, 0.15) is 16.9 Å². The van der Waals surface area contributed by atoms with Crippen molar-refractivity contribution in [3.05, 3.63) is 59.5 Å². The Balaban J connectivity index is 0.00000512. The number of nitrogens with zero attached hydrogens (tertiary/aromatic N) is 2. The van der Waals surface area contributed by atoms with Crippen LogP contribution in [0.2, 0.25) is 0 Å². The summed E-state index contributed by atoms with van der Waals surface area (Å²) in [7, 11) is 3.34. The van der Waals surface area contributed by atoms with Crippen LogP contribution >= 0.6 is 24.0 Å². The molecule has 32 heavy (non-hydrogen) atoms. The van der Waals surface area contributed by atoms with Gasteiger partial charge in [-0.15, -0.1) is 24.0 Å². The summed E-state index contributed by atoms with van der Waals surface area (Å²) in [5, 5.41) is 6.15. The van der Waals surface area contributed by atoms with Gasteiger partial charge in [0.25, 0.3) is 0 Å². The number of halogens is 4. The first-order valence-electron chi connectivity index (χ1n) is 9.70. The van der Waals surface area contributed by atoms with Gasteiger partial charge in [0.05, 0.1) is 26.0 Å². The molecule has 0 aliphatic rings. The van der Waals surface area contributed by atoms with Crippen LogP contribution in [0.15, 0.2) is 52.1 Å². The summed E-state index contributed by atoms with van der Waals surface area (Å²) in [5.74, 6) is 1.21. The van der Waals surface area contributed by atoms with Crippen LogP contribution < -0.4 is 10.6 Å². The molecule has 0 aliphatic carbocycles. The van der Waals surface area contributed by atoms with Gasteiger partial charge in [-0.1, -0.05) is 24.3 Å². The van der Waals surface area contributed by atoms with E-state index in [1.54, 1.807) is 44.6 Å². The molecule has 2 rings (SSSR count). The summed E-state index contributed by atoms with van der Waals surface area (Å²) in [5.41, 5.74) is 1.51. The van der Waals surface area contributed by atoms with Crippen LogP contribution in [0.3, 0.4) is 0 Å². The number of hydrogen-bond acceptors (Lipinski definition) is 4. The highest BCUT2D eigenvalue weighted by Crippen LogP contribution is 2.16. The molecule has 0 radical (unpaired) electrons. The summed E-state index contributed by atoms with van der Waals surface area (Å²) in [6.07, 6.45) is -2.08. The van der Waals surface area contributed by atoms with E-state index in [-0.39, 0.29) is 43.0 Å². The zero-order valence-electron chi connectivity index (χ0n) is 17.9. The van der Waals surface area contributed by atoms with Crippen molar-refractivity contribution in [2.45, 2.75) is 25.7 Å². The van der Waals surface area contributed by atoms with Crippen LogP contribution in [0.25, 0.3) is 0 Å². The molecule has 11 heteroatoms. The number of hydrogen-bond donors (Lipinski definition) is 2. The number of ether oxygens (including phenoxy) is 1. The first kappa shape index (κ1) is 27.8. The average Bonchev–Trinajstić information content (AvgIpc) is 3.22. The minimum Gasteiger partial charge on any atom is -0.469 e. The molecule has 0 aliphatic heterocycles. The number of carbonyl (C=O) groups is 1. The fourth-order valence-electron chi connectivity index (χ4n) is 2.45. The standard InChI is InChI=1S/C21H27F3N4O3.HI/c1-28(2)19(29)13-27-20(25-10-9-18-4-3-11-31-18)26-12-16-5-7-17(8-6-16)14-30-15-21(22,23)24;/h3-8,11H,9-10,12-15H2,1-2H3,(H2,25,26,27);1H. The van der Waals surface area contributed by atoms with E-state index in [0.717, 1.165) is 11.3 Å². The largest absolute Gasteiger partial charge is 0.469 e. The lowest BCUT2D eigenvalue weighted by Gasteiger charge is -2.15. The highest BCUT2D eigenvalue weighted by Gasteiger charge is 2.27. The van der Waals surface area contributed by atoms with Gasteiger partial charge in [0.15, 0.2) is 5.96 Å². The fourth-order valence-corrected chi connectivity index (χ4v) is 2.45. The van der Waals surface area contributed by atoms with Crippen molar-refractivity contribution in [2.24, 2.45) is 4.99 Å². The lowest BCUT2D eigenvalue weighted by molar-refractivity contribution is -0.176. The maximum absolute atomic E-state index is 12.1. The number of guanidine groups is 1. The molecule has 1 aromatic carbocycles. The normalized spacial score (nSPS) is 11.6. The second-order valence-corrected chi connectivity index (χ2v) is 6.99. The summed E-state index contributed by atoms with van der Waals surface area (Å²) < 4.78 is 46.4. The van der Waals surface area contributed by atoms with Crippen molar-refractivity contribution in [1.29, 1.82) is 0 Å². The van der Waals surface area contributed by atoms with Crippen molar-refractivity contribution >= 4 is 35.8 Å². The van der Waals surface area contributed by atoms with Crippen LogP contribution in [0.5, 0.6) is 0 Å². The maximum atomic E-state index is 12.1. The van der Waals surface area contributed by atoms with E-state index in [1.807, 2.05) is 12.1 Å². The van der Waals surface area contributed by atoms with Gasteiger partial charge in [0, 0.05) is 27.1 Å². The van der Waals surface area contributed by atoms with Gasteiger partial charge < -0.3 is 24.7 Å². The smallest absolute Gasteiger partial charge is 0.411 e. The Kier molecular flexibility index (Phi) is 12.1. The predicted octanol–water partition coefficient (Wildman–Crippen LogP) is 3.34. The monoisotopic (exact) mass is 568 g/mol. The highest BCUT2D eigenvalue weighted by atomic mass is 127. The van der Waals surface area contributed by atoms with E-state index in [1.165, 1.54) is 4.90 Å². The molecule has 0 fully saturated rings. The minimum atomic E-state index is -4.34. The van der Waals surface area contributed by atoms with E-state index >= 15 is 0 Å². The molecule has 0 unspecified atom stereocenters. The number of nitrogens with one attached hydrogen (secondary N) is 2. The van der Waals surface area contributed by atoms with E-state index in [9.17, 15) is 18.0 Å². The first-order valence-corrected chi connectivity index (χ1v) is 9.70. The molecule has 1 amide bonds. The van der Waals surface area contributed by atoms with E-state index < -0.39 is 12.8 Å². The molecular weight excluding hydrogens is 540 g/mol. The van der Waals surface area contributed by atoms with E-state index in [2.05, 4.69) is 20.4 Å². The van der Waals surface area contributed by atoms with Gasteiger partial charge >= 0.3 is 6.18 Å². The van der Waals surface area contributed by atoms with E-state index in [4.69, 9.17) is 4.42 Å². The molecule has 0 spiro atoms. The highest BCUT2D eigenvalue weighted by molar-refractivity contribution is 14.0. The molecule has 1 heterocycles. The van der Waals surface area contributed by atoms with Gasteiger partial charge in [-0.05, 0) is 23.3 Å². The summed E-state index contributed by atoms with van der Waals surface area (Å²) in [6, 6.07) is 10.7. The lowest BCUT2D eigenvalue weighted by Crippen LogP contribution is -2.43. The Bertz CT molecular complexity index is 826. The predicted molar refractivity (Wildman–Crippen MR) is 126 cm³/mol. The number of benzene rings is 1. The molecular formula is C21H28F3IN4O3. The SMILES string of the molecule is CN(C)C(=O)CNC(=NCc1ccc(COCC(F)(F)F)cc1)NCCc1ccco1.I. The van der Waals surface area contributed by atoms with Crippen LogP contribution in [0.4, 0.5) is 13.2 Å². The van der Waals surface area contributed by atoms with Gasteiger partial charge in [-0.25, -0.2) is 4.99 Å². The molecule has 178 valence electrons. The summed E-state index contributed by atoms with van der Waals surface area (Å²) in [4.78, 5) is 17.8. The van der Waals surface area contributed by atoms with Gasteiger partial charge in [-0.3, -0.25) is 4.79 Å². The molecule has 0 saturated carbocycles. The minimum absolute atomic E-state index is 0. The fraction of sp³-hybridized carbons (Fsp3) is 0.429. The number of aliphatic imine (C=N–C) groups is 1. The first-order chi connectivity index (χ1) is 14.7. The Morgan fingerprint density at radius 2 is 1.81 bits per heavy atom. The molecule has 0 bridgehead atoms. The van der Waals surface area contributed by atoms with Gasteiger partial charge in [-0.2, -0.15) is 13.2 Å². The number of likely N-dealkylation sites (N-methyl/N-ethyl adjacent to an activating group) is 1. The number of furan rings is 1. The Hall–Kier alpha value is -2.28. The van der Waals surface area contributed by atoms with Crippen molar-refractivity contribution in [3.63, 3.8) is 0 Å². The number of rotatable bonds is 10. The molecule has 0 atom stereocenters. The molecule has 7 nitrogen and oxygen atoms in total. The third-order valence-corrected chi connectivity index (χ3v) is 4.13. The van der Waals surface area contributed by atoms with Gasteiger partial charge in [0.1, 0.15) is 12.4 Å². The average molecular weight is 568 g/mol. The van der Waals surface area contributed by atoms with E-state index in [0.29, 0.717) is 31.0 Å². The van der Waals surface area contributed by atoms with Crippen molar-refractivity contribution in [1.82, 2.24) is 15.5 Å². The van der Waals surface area contributed by atoms with Crippen molar-refractivity contribution in [3.8, 4) is 0 Å². The Morgan fingerprint density at radius 1 is 1.12 bits per heavy atom.